The fraction of sp³-hybridized carbons (Fsp3) is 0.852. The van der Waals surface area contributed by atoms with Crippen LogP contribution in [0.2, 0.25) is 0 Å². The van der Waals surface area contributed by atoms with Crippen LogP contribution in [0.25, 0.3) is 0 Å². The van der Waals surface area contributed by atoms with Crippen molar-refractivity contribution in [3.63, 3.8) is 0 Å². The third-order valence-electron chi connectivity index (χ3n) is 7.66. The van der Waals surface area contributed by atoms with Gasteiger partial charge in [-0.3, -0.25) is 0 Å². The summed E-state index contributed by atoms with van der Waals surface area (Å²) in [5.74, 6) is 0. The van der Waals surface area contributed by atoms with Gasteiger partial charge in [-0.25, -0.2) is 8.42 Å². The Morgan fingerprint density at radius 3 is 1.05 bits per heavy atom. The minimum absolute atomic E-state index is 0. The van der Waals surface area contributed by atoms with E-state index in [1.54, 1.807) is 38.0 Å². The number of hydrogen-bond donors (Lipinski definition) is 0. The largest absolute Gasteiger partial charge is 0.741 e. The smallest absolute Gasteiger partial charge is 0.485 e. The van der Waals surface area contributed by atoms with Gasteiger partial charge in [-0.1, -0.05) is 52.0 Å². The molecule has 0 amide bonds. The predicted octanol–water partition coefficient (Wildman–Crippen LogP) is 9.37. The number of hydrogen-bond acceptors (Lipinski definition) is 3. The molecule has 3 aliphatic rings. The summed E-state index contributed by atoms with van der Waals surface area (Å²) in [6.45, 7) is 9.79. The van der Waals surface area contributed by atoms with Crippen LogP contribution in [0.15, 0.2) is 24.3 Å². The first-order chi connectivity index (χ1) is 17.0. The maximum Gasteiger partial charge on any atom is 0.485 e. The first kappa shape index (κ1) is 37.7. The van der Waals surface area contributed by atoms with Crippen LogP contribution >= 0.6 is 15.8 Å². The zero-order valence-electron chi connectivity index (χ0n) is 23.0. The zero-order valence-corrected chi connectivity index (χ0v) is 27.3. The Morgan fingerprint density at radius 1 is 0.676 bits per heavy atom. The Bertz CT molecular complexity index is 684. The molecular formula is C27H48F3O3P2RhS-. The van der Waals surface area contributed by atoms with Gasteiger partial charge in [0.1, 0.15) is 0 Å². The van der Waals surface area contributed by atoms with E-state index in [1.165, 1.54) is 51.4 Å². The van der Waals surface area contributed by atoms with Gasteiger partial charge in [0.2, 0.25) is 0 Å². The molecule has 3 nitrogen and oxygen atoms in total. The van der Waals surface area contributed by atoms with Crippen LogP contribution in [0.5, 0.6) is 0 Å². The molecule has 0 saturated carbocycles. The van der Waals surface area contributed by atoms with Gasteiger partial charge in [0.25, 0.3) is 0 Å². The van der Waals surface area contributed by atoms with E-state index in [9.17, 15) is 13.2 Å². The van der Waals surface area contributed by atoms with Gasteiger partial charge in [-0.15, -0.1) is 15.8 Å². The van der Waals surface area contributed by atoms with Crippen LogP contribution in [-0.4, -0.2) is 53.4 Å². The maximum absolute atomic E-state index is 10.7. The molecule has 2 saturated heterocycles. The molecule has 221 valence electrons. The molecule has 10 heteroatoms. The summed E-state index contributed by atoms with van der Waals surface area (Å²) in [5.41, 5.74) is -1.12. The molecule has 3 rings (SSSR count). The summed E-state index contributed by atoms with van der Waals surface area (Å²) >= 11 is 0. The van der Waals surface area contributed by atoms with Crippen molar-refractivity contribution < 1.29 is 45.6 Å². The second-order valence-corrected chi connectivity index (χ2v) is 17.1. The molecule has 2 fully saturated rings. The molecule has 0 N–H and O–H groups in total. The van der Waals surface area contributed by atoms with Gasteiger partial charge >= 0.3 is 5.51 Å². The third-order valence-corrected chi connectivity index (χ3v) is 16.3. The van der Waals surface area contributed by atoms with E-state index in [0.29, 0.717) is 15.8 Å². The molecule has 37 heavy (non-hydrogen) atoms. The van der Waals surface area contributed by atoms with E-state index in [1.807, 2.05) is 0 Å². The SMILES string of the molecule is C1=C\CC/C=C\CC/1.CC[C@@H]1CC[C@@H](CC)P1CCP1[C@H](CC)CC[C@H]1CC.O=S(=O)([O-])C(F)(F)F.[Rh]. The maximum atomic E-state index is 10.7. The molecule has 1 aliphatic carbocycles. The van der Waals surface area contributed by atoms with Crippen molar-refractivity contribution >= 4 is 26.0 Å². The van der Waals surface area contributed by atoms with Crippen molar-refractivity contribution in [3.05, 3.63) is 24.3 Å². The van der Waals surface area contributed by atoms with E-state index in [2.05, 4.69) is 52.0 Å². The first-order valence-electron chi connectivity index (χ1n) is 13.8. The fourth-order valence-corrected chi connectivity index (χ4v) is 13.9. The Balaban J connectivity index is 0.000000631. The Hall–Kier alpha value is 0.663. The molecule has 0 aromatic heterocycles. The fourth-order valence-electron chi connectivity index (χ4n) is 5.60. The van der Waals surface area contributed by atoms with Crippen LogP contribution < -0.4 is 0 Å². The van der Waals surface area contributed by atoms with E-state index < -0.39 is 15.6 Å². The summed E-state index contributed by atoms with van der Waals surface area (Å²) in [6, 6.07) is 0. The molecular weight excluding hydrogens is 626 g/mol. The normalized spacial score (nSPS) is 28.5. The van der Waals surface area contributed by atoms with E-state index in [0.717, 1.165) is 22.6 Å². The summed E-state index contributed by atoms with van der Waals surface area (Å²) < 4.78 is 58.9. The second-order valence-electron chi connectivity index (χ2n) is 9.88. The summed E-state index contributed by atoms with van der Waals surface area (Å²) in [6.07, 6.45) is 29.4. The molecule has 1 radical (unpaired) electrons. The molecule has 0 aromatic carbocycles. The molecule has 0 unspecified atom stereocenters. The van der Waals surface area contributed by atoms with Crippen molar-refractivity contribution in [3.8, 4) is 0 Å². The second kappa shape index (κ2) is 19.7. The van der Waals surface area contributed by atoms with Crippen LogP contribution in [-0.2, 0) is 29.6 Å². The molecule has 0 bridgehead atoms. The van der Waals surface area contributed by atoms with Crippen molar-refractivity contribution in [2.75, 3.05) is 12.3 Å². The van der Waals surface area contributed by atoms with E-state index in [4.69, 9.17) is 13.0 Å². The van der Waals surface area contributed by atoms with Crippen LogP contribution in [0.1, 0.15) is 105 Å². The average Bonchev–Trinajstić information content (AvgIpc) is 3.39. The van der Waals surface area contributed by atoms with Gasteiger partial charge < -0.3 is 4.55 Å². The van der Waals surface area contributed by atoms with Gasteiger partial charge in [-0.2, -0.15) is 13.2 Å². The van der Waals surface area contributed by atoms with Gasteiger partial charge in [0, 0.05) is 19.5 Å². The Morgan fingerprint density at radius 2 is 0.892 bits per heavy atom. The van der Waals surface area contributed by atoms with Crippen molar-refractivity contribution in [2.45, 2.75) is 133 Å². The van der Waals surface area contributed by atoms with E-state index in [-0.39, 0.29) is 19.5 Å². The molecule has 0 spiro atoms. The van der Waals surface area contributed by atoms with Gasteiger partial charge in [0.05, 0.1) is 0 Å². The minimum atomic E-state index is -6.09. The third kappa shape index (κ3) is 13.7. The van der Waals surface area contributed by atoms with Crippen LogP contribution in [0.3, 0.4) is 0 Å². The minimum Gasteiger partial charge on any atom is -0.741 e. The van der Waals surface area contributed by atoms with E-state index >= 15 is 0 Å². The molecule has 2 aliphatic heterocycles. The topological polar surface area (TPSA) is 57.2 Å². The molecule has 2 heterocycles. The first-order valence-corrected chi connectivity index (χ1v) is 18.6. The van der Waals surface area contributed by atoms with Crippen molar-refractivity contribution in [1.82, 2.24) is 0 Å². The zero-order chi connectivity index (χ0) is 27.2. The number of rotatable bonds is 7. The molecule has 0 aromatic rings. The van der Waals surface area contributed by atoms with Crippen molar-refractivity contribution in [2.24, 2.45) is 0 Å². The van der Waals surface area contributed by atoms with Crippen LogP contribution in [0, 0.1) is 0 Å². The number of allylic oxidation sites excluding steroid dienone is 4. The summed E-state index contributed by atoms with van der Waals surface area (Å²) in [5, 5.41) is 0. The summed E-state index contributed by atoms with van der Waals surface area (Å²) in [4.78, 5) is 0. The number of halogens is 3. The average molecular weight is 675 g/mol. The van der Waals surface area contributed by atoms with Crippen molar-refractivity contribution in [1.29, 1.82) is 0 Å². The predicted molar refractivity (Wildman–Crippen MR) is 151 cm³/mol. The van der Waals surface area contributed by atoms with Crippen LogP contribution in [0.4, 0.5) is 13.2 Å². The monoisotopic (exact) mass is 674 g/mol. The number of alkyl halides is 3. The van der Waals surface area contributed by atoms with Gasteiger partial charge in [0.15, 0.2) is 10.1 Å². The summed E-state index contributed by atoms with van der Waals surface area (Å²) in [7, 11) is -5.33. The molecule has 4 atom stereocenters. The quantitative estimate of drug-likeness (QED) is 0.0890. The van der Waals surface area contributed by atoms with Gasteiger partial charge in [-0.05, 0) is 112 Å². The standard InChI is InChI=1S/C18H36P2.C8H12.CHF3O3S.Rh/c1-5-15-9-10-16(6-2)19(15)13-14-20-17(7-3)11-12-18(20)8-4;1-2-4-6-8-7-5-3-1;2-1(3,4)8(5,6)7;/h15-18H,5-14H2,1-4H3;1-2,7-8H,3-6H2;(H,5,6,7);/p-1/b;2-1-,8-7-;;/t15-,16-,17-,18-;;;/m1.../s1. The Kier molecular flexibility index (Phi) is 20.0. The Labute approximate surface area is 240 Å².